The van der Waals surface area contributed by atoms with Crippen molar-refractivity contribution in [2.45, 2.75) is 25.3 Å². The Morgan fingerprint density at radius 1 is 1.06 bits per heavy atom. The average Bonchev–Trinajstić information content (AvgIpc) is 2.30. The van der Waals surface area contributed by atoms with Gasteiger partial charge in [0.1, 0.15) is 0 Å². The maximum absolute atomic E-state index is 6.05. The quantitative estimate of drug-likeness (QED) is 0.913. The molecule has 1 aliphatic rings. The van der Waals surface area contributed by atoms with E-state index in [2.05, 4.69) is 4.90 Å². The van der Waals surface area contributed by atoms with Gasteiger partial charge in [0.05, 0.1) is 0 Å². The van der Waals surface area contributed by atoms with Crippen LogP contribution in [0.3, 0.4) is 0 Å². The molecule has 1 saturated heterocycles. The molecule has 1 aromatic rings. The first-order valence-corrected chi connectivity index (χ1v) is 6.86. The molecule has 1 aromatic carbocycles. The van der Waals surface area contributed by atoms with Gasteiger partial charge in [0.15, 0.2) is 0 Å². The molecule has 1 fully saturated rings. The number of hydrogen-bond donors (Lipinski definition) is 1. The molecule has 0 bridgehead atoms. The Bertz CT molecular complexity index is 355. The van der Waals surface area contributed by atoms with Crippen LogP contribution in [0.4, 0.5) is 0 Å². The Morgan fingerprint density at radius 2 is 1.65 bits per heavy atom. The lowest BCUT2D eigenvalue weighted by Gasteiger charge is -2.34. The normalized spacial score (nSPS) is 19.2. The summed E-state index contributed by atoms with van der Waals surface area (Å²) >= 11 is 12.1. The van der Waals surface area contributed by atoms with Gasteiger partial charge < -0.3 is 5.73 Å². The van der Waals surface area contributed by atoms with Crippen molar-refractivity contribution >= 4 is 23.2 Å². The number of nitrogens with zero attached hydrogens (tertiary/aromatic N) is 1. The first-order chi connectivity index (χ1) is 8.20. The minimum Gasteiger partial charge on any atom is -0.329 e. The van der Waals surface area contributed by atoms with Crippen molar-refractivity contribution in [3.8, 4) is 0 Å². The van der Waals surface area contributed by atoms with Gasteiger partial charge in [-0.2, -0.15) is 0 Å². The van der Waals surface area contributed by atoms with Crippen LogP contribution in [0, 0.1) is 0 Å². The average molecular weight is 273 g/mol. The van der Waals surface area contributed by atoms with E-state index in [1.165, 1.54) is 19.3 Å². The van der Waals surface area contributed by atoms with Gasteiger partial charge in [-0.05, 0) is 49.7 Å². The molecule has 0 spiro atoms. The third-order valence-corrected chi connectivity index (χ3v) is 3.76. The molecule has 2 rings (SSSR count). The molecule has 2 N–H and O–H groups in total. The van der Waals surface area contributed by atoms with E-state index in [1.54, 1.807) is 6.07 Å². The molecule has 0 saturated carbocycles. The molecule has 1 atom stereocenters. The third-order valence-electron chi connectivity index (χ3n) is 3.32. The van der Waals surface area contributed by atoms with Crippen LogP contribution in [0.25, 0.3) is 0 Å². The van der Waals surface area contributed by atoms with Crippen LogP contribution in [0.15, 0.2) is 18.2 Å². The first-order valence-electron chi connectivity index (χ1n) is 6.11. The summed E-state index contributed by atoms with van der Waals surface area (Å²) in [6.07, 6.45) is 3.83. The fourth-order valence-corrected chi connectivity index (χ4v) is 3.04. The molecular weight excluding hydrogens is 255 g/mol. The summed E-state index contributed by atoms with van der Waals surface area (Å²) in [5.41, 5.74) is 7.04. The Hall–Kier alpha value is -0.280. The van der Waals surface area contributed by atoms with Crippen LogP contribution in [0.1, 0.15) is 30.9 Å². The Labute approximate surface area is 113 Å². The van der Waals surface area contributed by atoms with E-state index in [0.29, 0.717) is 16.6 Å². The van der Waals surface area contributed by atoms with Crippen LogP contribution in [-0.4, -0.2) is 24.5 Å². The fraction of sp³-hybridized carbons (Fsp3) is 0.538. The van der Waals surface area contributed by atoms with E-state index in [4.69, 9.17) is 28.9 Å². The summed E-state index contributed by atoms with van der Waals surface area (Å²) in [7, 11) is 0. The summed E-state index contributed by atoms with van der Waals surface area (Å²) in [5, 5.41) is 1.37. The Kier molecular flexibility index (Phi) is 4.69. The molecule has 1 unspecified atom stereocenters. The van der Waals surface area contributed by atoms with Crippen LogP contribution >= 0.6 is 23.2 Å². The zero-order valence-corrected chi connectivity index (χ0v) is 11.3. The number of rotatable bonds is 3. The monoisotopic (exact) mass is 272 g/mol. The topological polar surface area (TPSA) is 29.3 Å². The molecule has 4 heteroatoms. The molecule has 1 heterocycles. The van der Waals surface area contributed by atoms with E-state index < -0.39 is 0 Å². The van der Waals surface area contributed by atoms with E-state index in [1.807, 2.05) is 12.1 Å². The van der Waals surface area contributed by atoms with E-state index in [9.17, 15) is 0 Å². The zero-order valence-electron chi connectivity index (χ0n) is 9.83. The van der Waals surface area contributed by atoms with Crippen LogP contribution < -0.4 is 5.73 Å². The van der Waals surface area contributed by atoms with Gasteiger partial charge in [0.2, 0.25) is 0 Å². The minimum atomic E-state index is 0.242. The second-order valence-electron chi connectivity index (χ2n) is 4.55. The van der Waals surface area contributed by atoms with Crippen LogP contribution in [0.5, 0.6) is 0 Å². The van der Waals surface area contributed by atoms with Crippen molar-refractivity contribution in [2.24, 2.45) is 5.73 Å². The standard InChI is InChI=1S/C13H18Cl2N2/c14-11-6-10(7-12(15)8-11)13(9-16)17-4-2-1-3-5-17/h6-8,13H,1-5,9,16H2. The highest BCUT2D eigenvalue weighted by molar-refractivity contribution is 6.34. The second-order valence-corrected chi connectivity index (χ2v) is 5.42. The Morgan fingerprint density at radius 3 is 2.18 bits per heavy atom. The highest BCUT2D eigenvalue weighted by Crippen LogP contribution is 2.28. The summed E-state index contributed by atoms with van der Waals surface area (Å²) < 4.78 is 0. The van der Waals surface area contributed by atoms with Crippen molar-refractivity contribution in [2.75, 3.05) is 19.6 Å². The summed E-state index contributed by atoms with van der Waals surface area (Å²) in [5.74, 6) is 0. The molecular formula is C13H18Cl2N2. The number of likely N-dealkylation sites (tertiary alicyclic amines) is 1. The molecule has 0 amide bonds. The van der Waals surface area contributed by atoms with Crippen LogP contribution in [0.2, 0.25) is 10.0 Å². The molecule has 0 aromatic heterocycles. The third kappa shape index (κ3) is 3.35. The summed E-state index contributed by atoms with van der Waals surface area (Å²) in [6, 6.07) is 5.95. The van der Waals surface area contributed by atoms with E-state index >= 15 is 0 Å². The van der Waals surface area contributed by atoms with Gasteiger partial charge in [-0.15, -0.1) is 0 Å². The highest BCUT2D eigenvalue weighted by Gasteiger charge is 2.21. The maximum Gasteiger partial charge on any atom is 0.0471 e. The smallest absolute Gasteiger partial charge is 0.0471 e. The lowest BCUT2D eigenvalue weighted by Crippen LogP contribution is -2.37. The number of benzene rings is 1. The summed E-state index contributed by atoms with van der Waals surface area (Å²) in [4.78, 5) is 2.44. The number of hydrogen-bond acceptors (Lipinski definition) is 2. The maximum atomic E-state index is 6.05. The van der Waals surface area contributed by atoms with Gasteiger partial charge in [0, 0.05) is 22.6 Å². The molecule has 17 heavy (non-hydrogen) atoms. The molecule has 0 radical (unpaired) electrons. The lowest BCUT2D eigenvalue weighted by molar-refractivity contribution is 0.167. The molecule has 1 aliphatic heterocycles. The number of piperidine rings is 1. The van der Waals surface area contributed by atoms with Crippen molar-refractivity contribution < 1.29 is 0 Å². The SMILES string of the molecule is NCC(c1cc(Cl)cc(Cl)c1)N1CCCCC1. The van der Waals surface area contributed by atoms with Gasteiger partial charge in [-0.1, -0.05) is 29.6 Å². The van der Waals surface area contributed by atoms with Crippen molar-refractivity contribution in [3.63, 3.8) is 0 Å². The predicted molar refractivity (Wildman–Crippen MR) is 73.7 cm³/mol. The summed E-state index contributed by atoms with van der Waals surface area (Å²) in [6.45, 7) is 2.84. The lowest BCUT2D eigenvalue weighted by atomic mass is 10.0. The molecule has 2 nitrogen and oxygen atoms in total. The number of nitrogens with two attached hydrogens (primary N) is 1. The Balaban J connectivity index is 2.21. The zero-order chi connectivity index (χ0) is 12.3. The van der Waals surface area contributed by atoms with Gasteiger partial charge in [-0.3, -0.25) is 4.90 Å². The first kappa shape index (κ1) is 13.2. The van der Waals surface area contributed by atoms with E-state index in [-0.39, 0.29) is 6.04 Å². The highest BCUT2D eigenvalue weighted by atomic mass is 35.5. The van der Waals surface area contributed by atoms with Crippen LogP contribution in [-0.2, 0) is 0 Å². The van der Waals surface area contributed by atoms with Crippen molar-refractivity contribution in [1.82, 2.24) is 4.90 Å². The fourth-order valence-electron chi connectivity index (χ4n) is 2.49. The van der Waals surface area contributed by atoms with Gasteiger partial charge in [-0.25, -0.2) is 0 Å². The second kappa shape index (κ2) is 6.05. The molecule has 94 valence electrons. The minimum absolute atomic E-state index is 0.242. The van der Waals surface area contributed by atoms with Gasteiger partial charge >= 0.3 is 0 Å². The van der Waals surface area contributed by atoms with Crippen molar-refractivity contribution in [1.29, 1.82) is 0 Å². The largest absolute Gasteiger partial charge is 0.329 e. The molecule has 0 aliphatic carbocycles. The number of halogens is 2. The van der Waals surface area contributed by atoms with E-state index in [0.717, 1.165) is 18.7 Å². The van der Waals surface area contributed by atoms with Crippen molar-refractivity contribution in [3.05, 3.63) is 33.8 Å². The van der Waals surface area contributed by atoms with Gasteiger partial charge in [0.25, 0.3) is 0 Å². The predicted octanol–water partition coefficient (Wildman–Crippen LogP) is 3.48.